The summed E-state index contributed by atoms with van der Waals surface area (Å²) < 4.78 is 5.76. The number of carbonyl (C=O) groups is 2. The molecule has 4 nitrogen and oxygen atoms in total. The van der Waals surface area contributed by atoms with E-state index < -0.39 is 0 Å². The normalized spacial score (nSPS) is 10.2. The van der Waals surface area contributed by atoms with Gasteiger partial charge in [-0.25, -0.2) is 0 Å². The first-order valence-electron chi connectivity index (χ1n) is 8.31. The molecule has 0 unspecified atom stereocenters. The summed E-state index contributed by atoms with van der Waals surface area (Å²) in [6, 6.07) is 23.8. The summed E-state index contributed by atoms with van der Waals surface area (Å²) >= 11 is 0. The molecule has 0 fully saturated rings. The largest absolute Gasteiger partial charge is 0.489 e. The topological polar surface area (TPSA) is 55.4 Å². The quantitative estimate of drug-likeness (QED) is 0.658. The van der Waals surface area contributed by atoms with Crippen molar-refractivity contribution in [3.8, 4) is 5.75 Å². The maximum atomic E-state index is 12.5. The summed E-state index contributed by atoms with van der Waals surface area (Å²) in [5.41, 5.74) is 2.50. The summed E-state index contributed by atoms with van der Waals surface area (Å²) in [6.07, 6.45) is 0. The zero-order chi connectivity index (χ0) is 18.4. The van der Waals surface area contributed by atoms with E-state index in [0.29, 0.717) is 29.2 Å². The van der Waals surface area contributed by atoms with Crippen LogP contribution in [0.5, 0.6) is 5.75 Å². The third-order valence-corrected chi connectivity index (χ3v) is 3.90. The molecule has 1 amide bonds. The fourth-order valence-electron chi connectivity index (χ4n) is 2.56. The minimum atomic E-state index is -0.288. The fraction of sp³-hybridized carbons (Fsp3) is 0.0909. The maximum absolute atomic E-state index is 12.5. The summed E-state index contributed by atoms with van der Waals surface area (Å²) in [5.74, 6) is 0.228. The van der Waals surface area contributed by atoms with Gasteiger partial charge in [-0.3, -0.25) is 9.59 Å². The Balaban J connectivity index is 1.71. The average molecular weight is 345 g/mol. The molecular formula is C22H19NO3. The van der Waals surface area contributed by atoms with Gasteiger partial charge >= 0.3 is 0 Å². The number of ketones is 1. The second-order valence-electron chi connectivity index (χ2n) is 5.86. The Hall–Kier alpha value is -3.40. The van der Waals surface area contributed by atoms with Gasteiger partial charge in [0.2, 0.25) is 0 Å². The SMILES string of the molecule is CC(=O)c1ccccc1NC(=O)c1cccc(OCc2ccccc2)c1. The molecule has 0 heterocycles. The number of rotatable bonds is 6. The van der Waals surface area contributed by atoms with Crippen molar-refractivity contribution in [2.75, 3.05) is 5.32 Å². The van der Waals surface area contributed by atoms with Crippen LogP contribution >= 0.6 is 0 Å². The van der Waals surface area contributed by atoms with Crippen molar-refractivity contribution in [3.63, 3.8) is 0 Å². The molecule has 0 aliphatic rings. The molecule has 0 aromatic heterocycles. The molecule has 3 aromatic carbocycles. The standard InChI is InChI=1S/C22H19NO3/c1-16(24)20-12-5-6-13-21(20)23-22(25)18-10-7-11-19(14-18)26-15-17-8-3-2-4-9-17/h2-14H,15H2,1H3,(H,23,25). The summed E-state index contributed by atoms with van der Waals surface area (Å²) in [7, 11) is 0. The van der Waals surface area contributed by atoms with Gasteiger partial charge in [-0.1, -0.05) is 48.5 Å². The van der Waals surface area contributed by atoms with Crippen molar-refractivity contribution in [2.45, 2.75) is 13.5 Å². The molecule has 1 N–H and O–H groups in total. The first-order valence-corrected chi connectivity index (χ1v) is 8.31. The van der Waals surface area contributed by atoms with Crippen LogP contribution in [0, 0.1) is 0 Å². The van der Waals surface area contributed by atoms with Crippen molar-refractivity contribution in [1.29, 1.82) is 0 Å². The summed E-state index contributed by atoms with van der Waals surface area (Å²) in [4.78, 5) is 24.2. The van der Waals surface area contributed by atoms with Gasteiger partial charge in [-0.15, -0.1) is 0 Å². The van der Waals surface area contributed by atoms with Gasteiger partial charge in [0.1, 0.15) is 12.4 Å². The van der Waals surface area contributed by atoms with E-state index in [4.69, 9.17) is 4.74 Å². The average Bonchev–Trinajstić information content (AvgIpc) is 2.67. The van der Waals surface area contributed by atoms with Crippen LogP contribution in [0.4, 0.5) is 5.69 Å². The van der Waals surface area contributed by atoms with Crippen molar-refractivity contribution in [2.24, 2.45) is 0 Å². The highest BCUT2D eigenvalue weighted by atomic mass is 16.5. The predicted molar refractivity (Wildman–Crippen MR) is 102 cm³/mol. The number of anilines is 1. The lowest BCUT2D eigenvalue weighted by atomic mass is 10.1. The maximum Gasteiger partial charge on any atom is 0.255 e. The lowest BCUT2D eigenvalue weighted by Crippen LogP contribution is -2.14. The highest BCUT2D eigenvalue weighted by Gasteiger charge is 2.12. The zero-order valence-corrected chi connectivity index (χ0v) is 14.4. The van der Waals surface area contributed by atoms with Crippen molar-refractivity contribution in [1.82, 2.24) is 0 Å². The molecule has 3 rings (SSSR count). The van der Waals surface area contributed by atoms with Gasteiger partial charge in [0.05, 0.1) is 5.69 Å². The number of hydrogen-bond acceptors (Lipinski definition) is 3. The minimum Gasteiger partial charge on any atom is -0.489 e. The van der Waals surface area contributed by atoms with Gasteiger partial charge < -0.3 is 10.1 Å². The molecule has 130 valence electrons. The Morgan fingerprint density at radius 1 is 0.885 bits per heavy atom. The number of ether oxygens (including phenoxy) is 1. The molecule has 4 heteroatoms. The lowest BCUT2D eigenvalue weighted by Gasteiger charge is -2.11. The molecule has 0 aliphatic heterocycles. The second-order valence-corrected chi connectivity index (χ2v) is 5.86. The van der Waals surface area contributed by atoms with E-state index in [-0.39, 0.29) is 11.7 Å². The molecule has 0 bridgehead atoms. The van der Waals surface area contributed by atoms with Crippen LogP contribution < -0.4 is 10.1 Å². The van der Waals surface area contributed by atoms with Gasteiger partial charge in [0.15, 0.2) is 5.78 Å². The predicted octanol–water partition coefficient (Wildman–Crippen LogP) is 4.72. The van der Waals surface area contributed by atoms with Crippen LogP contribution in [0.1, 0.15) is 33.2 Å². The first-order chi connectivity index (χ1) is 12.6. The third-order valence-electron chi connectivity index (χ3n) is 3.90. The molecule has 0 radical (unpaired) electrons. The fourth-order valence-corrected chi connectivity index (χ4v) is 2.56. The Morgan fingerprint density at radius 2 is 1.62 bits per heavy atom. The molecule has 0 saturated carbocycles. The van der Waals surface area contributed by atoms with E-state index in [1.807, 2.05) is 36.4 Å². The highest BCUT2D eigenvalue weighted by Crippen LogP contribution is 2.19. The number of benzene rings is 3. The van der Waals surface area contributed by atoms with Crippen molar-refractivity contribution < 1.29 is 14.3 Å². The van der Waals surface area contributed by atoms with Gasteiger partial charge in [0.25, 0.3) is 5.91 Å². The second kappa shape index (κ2) is 8.12. The Labute approximate surface area is 152 Å². The van der Waals surface area contributed by atoms with E-state index in [9.17, 15) is 9.59 Å². The number of hydrogen-bond donors (Lipinski definition) is 1. The van der Waals surface area contributed by atoms with Gasteiger partial charge in [-0.05, 0) is 42.8 Å². The van der Waals surface area contributed by atoms with Crippen LogP contribution in [0.3, 0.4) is 0 Å². The first kappa shape index (κ1) is 17.4. The van der Waals surface area contributed by atoms with E-state index in [1.165, 1.54) is 6.92 Å². The van der Waals surface area contributed by atoms with E-state index >= 15 is 0 Å². The Morgan fingerprint density at radius 3 is 2.38 bits per heavy atom. The molecular weight excluding hydrogens is 326 g/mol. The Bertz CT molecular complexity index is 919. The molecule has 3 aromatic rings. The van der Waals surface area contributed by atoms with Crippen LogP contribution in [-0.2, 0) is 6.61 Å². The number of para-hydroxylation sites is 1. The summed E-state index contributed by atoms with van der Waals surface area (Å²) in [5, 5.41) is 2.79. The van der Waals surface area contributed by atoms with Gasteiger partial charge in [-0.2, -0.15) is 0 Å². The van der Waals surface area contributed by atoms with Crippen LogP contribution in [-0.4, -0.2) is 11.7 Å². The van der Waals surface area contributed by atoms with Gasteiger partial charge in [0, 0.05) is 11.1 Å². The van der Waals surface area contributed by atoms with Crippen molar-refractivity contribution in [3.05, 3.63) is 95.6 Å². The van der Waals surface area contributed by atoms with Crippen molar-refractivity contribution >= 4 is 17.4 Å². The number of carbonyl (C=O) groups excluding carboxylic acids is 2. The summed E-state index contributed by atoms with van der Waals surface area (Å²) in [6.45, 7) is 1.90. The minimum absolute atomic E-state index is 0.0964. The highest BCUT2D eigenvalue weighted by molar-refractivity contribution is 6.09. The van der Waals surface area contributed by atoms with E-state index in [0.717, 1.165) is 5.56 Å². The molecule has 0 atom stereocenters. The number of amides is 1. The number of Topliss-reactive ketones (excluding diaryl/α,β-unsaturated/α-hetero) is 1. The molecule has 0 saturated heterocycles. The smallest absolute Gasteiger partial charge is 0.255 e. The monoisotopic (exact) mass is 345 g/mol. The molecule has 0 spiro atoms. The zero-order valence-electron chi connectivity index (χ0n) is 14.4. The Kier molecular flexibility index (Phi) is 5.44. The third kappa shape index (κ3) is 4.36. The molecule has 26 heavy (non-hydrogen) atoms. The van der Waals surface area contributed by atoms with Crippen LogP contribution in [0.15, 0.2) is 78.9 Å². The van der Waals surface area contributed by atoms with E-state index in [2.05, 4.69) is 5.32 Å². The number of nitrogens with one attached hydrogen (secondary N) is 1. The van der Waals surface area contributed by atoms with Crippen LogP contribution in [0.25, 0.3) is 0 Å². The molecule has 0 aliphatic carbocycles. The lowest BCUT2D eigenvalue weighted by molar-refractivity contribution is 0.101. The van der Waals surface area contributed by atoms with E-state index in [1.54, 1.807) is 42.5 Å². The van der Waals surface area contributed by atoms with Crippen LogP contribution in [0.2, 0.25) is 0 Å².